The molecule has 1 fully saturated rings. The molecule has 1 nitrogen and oxygen atoms in total. The van der Waals surface area contributed by atoms with Gasteiger partial charge in [0.05, 0.1) is 0 Å². The first kappa shape index (κ1) is 13.0. The van der Waals surface area contributed by atoms with Crippen molar-refractivity contribution in [2.45, 2.75) is 71.8 Å². The molecular formula is C14H29N. The van der Waals surface area contributed by atoms with Gasteiger partial charge in [-0.3, -0.25) is 0 Å². The van der Waals surface area contributed by atoms with Gasteiger partial charge in [0.2, 0.25) is 0 Å². The van der Waals surface area contributed by atoms with E-state index < -0.39 is 0 Å². The van der Waals surface area contributed by atoms with E-state index in [-0.39, 0.29) is 0 Å². The van der Waals surface area contributed by atoms with Crippen LogP contribution < -0.4 is 5.32 Å². The first-order valence-electron chi connectivity index (χ1n) is 6.97. The van der Waals surface area contributed by atoms with E-state index >= 15 is 0 Å². The van der Waals surface area contributed by atoms with Crippen molar-refractivity contribution < 1.29 is 0 Å². The second-order valence-corrected chi connectivity index (χ2v) is 5.46. The van der Waals surface area contributed by atoms with Crippen molar-refractivity contribution in [2.24, 2.45) is 11.8 Å². The third-order valence-electron chi connectivity index (χ3n) is 4.09. The fraction of sp³-hybridized carbons (Fsp3) is 1.00. The summed E-state index contributed by atoms with van der Waals surface area (Å²) in [7, 11) is 0. The maximum Gasteiger partial charge on any atom is 0.00671 e. The highest BCUT2D eigenvalue weighted by atomic mass is 14.9. The molecule has 1 aliphatic carbocycles. The Morgan fingerprint density at radius 3 is 2.20 bits per heavy atom. The Morgan fingerprint density at radius 2 is 1.67 bits per heavy atom. The minimum atomic E-state index is 0.733. The number of nitrogens with one attached hydrogen (secondary N) is 1. The summed E-state index contributed by atoms with van der Waals surface area (Å²) in [6.07, 6.45) is 10.1. The van der Waals surface area contributed by atoms with Gasteiger partial charge in [0, 0.05) is 6.04 Å². The van der Waals surface area contributed by atoms with Crippen molar-refractivity contribution in [2.75, 3.05) is 6.54 Å². The predicted octanol–water partition coefficient (Wildman–Crippen LogP) is 3.98. The van der Waals surface area contributed by atoms with Crippen molar-refractivity contribution in [1.82, 2.24) is 5.32 Å². The lowest BCUT2D eigenvalue weighted by molar-refractivity contribution is 0.321. The average Bonchev–Trinajstić information content (AvgIpc) is 2.53. The van der Waals surface area contributed by atoms with Gasteiger partial charge in [0.1, 0.15) is 0 Å². The molecule has 0 radical (unpaired) electrons. The summed E-state index contributed by atoms with van der Waals surface area (Å²) >= 11 is 0. The first-order chi connectivity index (χ1) is 7.24. The van der Waals surface area contributed by atoms with E-state index in [1.165, 1.54) is 51.5 Å². The Kier molecular flexibility index (Phi) is 6.31. The highest BCUT2D eigenvalue weighted by Crippen LogP contribution is 2.25. The van der Waals surface area contributed by atoms with Gasteiger partial charge in [-0.25, -0.2) is 0 Å². The zero-order valence-electron chi connectivity index (χ0n) is 10.9. The minimum absolute atomic E-state index is 0.733. The molecule has 1 saturated carbocycles. The monoisotopic (exact) mass is 211 g/mol. The van der Waals surface area contributed by atoms with E-state index in [9.17, 15) is 0 Å². The Bertz CT molecular complexity index is 147. The number of rotatable bonds is 5. The van der Waals surface area contributed by atoms with Gasteiger partial charge in [-0.1, -0.05) is 46.0 Å². The van der Waals surface area contributed by atoms with E-state index in [0.29, 0.717) is 0 Å². The number of hydrogen-bond donors (Lipinski definition) is 1. The second-order valence-electron chi connectivity index (χ2n) is 5.46. The number of hydrogen-bond acceptors (Lipinski definition) is 1. The molecule has 1 heteroatoms. The molecule has 0 aromatic rings. The molecule has 1 aliphatic rings. The Balaban J connectivity index is 2.22. The zero-order valence-corrected chi connectivity index (χ0v) is 10.9. The van der Waals surface area contributed by atoms with Crippen LogP contribution in [-0.4, -0.2) is 12.6 Å². The Morgan fingerprint density at radius 1 is 1.07 bits per heavy atom. The normalized spacial score (nSPS) is 23.4. The Hall–Kier alpha value is -0.0400. The minimum Gasteiger partial charge on any atom is -0.314 e. The fourth-order valence-electron chi connectivity index (χ4n) is 2.51. The van der Waals surface area contributed by atoms with Crippen molar-refractivity contribution in [3.8, 4) is 0 Å². The molecule has 0 saturated heterocycles. The summed E-state index contributed by atoms with van der Waals surface area (Å²) < 4.78 is 0. The molecule has 2 atom stereocenters. The largest absolute Gasteiger partial charge is 0.314 e. The van der Waals surface area contributed by atoms with Crippen LogP contribution >= 0.6 is 0 Å². The average molecular weight is 211 g/mol. The van der Waals surface area contributed by atoms with Gasteiger partial charge in [0.15, 0.2) is 0 Å². The molecule has 0 spiro atoms. The van der Waals surface area contributed by atoms with E-state index in [0.717, 1.165) is 17.9 Å². The van der Waals surface area contributed by atoms with Crippen LogP contribution in [0.1, 0.15) is 65.7 Å². The molecule has 0 aliphatic heterocycles. The molecule has 0 amide bonds. The second kappa shape index (κ2) is 7.27. The van der Waals surface area contributed by atoms with Crippen LogP contribution in [0.25, 0.3) is 0 Å². The van der Waals surface area contributed by atoms with Gasteiger partial charge in [-0.05, 0) is 38.1 Å². The third-order valence-corrected chi connectivity index (χ3v) is 4.09. The quantitative estimate of drug-likeness (QED) is 0.678. The molecule has 0 aromatic carbocycles. The Labute approximate surface area is 96.0 Å². The van der Waals surface area contributed by atoms with Crippen molar-refractivity contribution in [3.63, 3.8) is 0 Å². The van der Waals surface area contributed by atoms with Gasteiger partial charge in [0.25, 0.3) is 0 Å². The smallest absolute Gasteiger partial charge is 0.00671 e. The lowest BCUT2D eigenvalue weighted by Crippen LogP contribution is -2.36. The maximum atomic E-state index is 3.73. The summed E-state index contributed by atoms with van der Waals surface area (Å²) in [5.41, 5.74) is 0. The molecule has 0 aromatic heterocycles. The fourth-order valence-corrected chi connectivity index (χ4v) is 2.51. The van der Waals surface area contributed by atoms with Crippen LogP contribution in [0.5, 0.6) is 0 Å². The summed E-state index contributed by atoms with van der Waals surface area (Å²) in [5, 5.41) is 3.73. The van der Waals surface area contributed by atoms with Crippen molar-refractivity contribution in [3.05, 3.63) is 0 Å². The summed E-state index contributed by atoms with van der Waals surface area (Å²) in [6, 6.07) is 0.733. The van der Waals surface area contributed by atoms with Crippen molar-refractivity contribution >= 4 is 0 Å². The molecule has 1 N–H and O–H groups in total. The lowest BCUT2D eigenvalue weighted by Gasteiger charge is -2.25. The molecule has 15 heavy (non-hydrogen) atoms. The molecular weight excluding hydrogens is 182 g/mol. The standard InChI is InChI=1S/C14H29N/c1-4-12(2)11-15-13(3)14-9-7-5-6-8-10-14/h12-15H,4-11H2,1-3H3/t12?,13-/m1/s1. The molecule has 1 rings (SSSR count). The van der Waals surface area contributed by atoms with Gasteiger partial charge in [-0.15, -0.1) is 0 Å². The van der Waals surface area contributed by atoms with E-state index in [1.807, 2.05) is 0 Å². The highest BCUT2D eigenvalue weighted by molar-refractivity contribution is 4.75. The van der Waals surface area contributed by atoms with Crippen LogP contribution in [0.15, 0.2) is 0 Å². The summed E-state index contributed by atoms with van der Waals surface area (Å²) in [4.78, 5) is 0. The van der Waals surface area contributed by atoms with Crippen LogP contribution in [0, 0.1) is 11.8 Å². The van der Waals surface area contributed by atoms with Crippen LogP contribution in [0.3, 0.4) is 0 Å². The SMILES string of the molecule is CCC(C)CN[C@H](C)C1CCCCCC1. The predicted molar refractivity (Wildman–Crippen MR) is 68.1 cm³/mol. The van der Waals surface area contributed by atoms with Crippen LogP contribution in [0.4, 0.5) is 0 Å². The highest BCUT2D eigenvalue weighted by Gasteiger charge is 2.18. The zero-order chi connectivity index (χ0) is 11.1. The van der Waals surface area contributed by atoms with Crippen LogP contribution in [-0.2, 0) is 0 Å². The molecule has 0 bridgehead atoms. The summed E-state index contributed by atoms with van der Waals surface area (Å²) in [5.74, 6) is 1.77. The van der Waals surface area contributed by atoms with E-state index in [1.54, 1.807) is 0 Å². The van der Waals surface area contributed by atoms with Gasteiger partial charge >= 0.3 is 0 Å². The maximum absolute atomic E-state index is 3.73. The van der Waals surface area contributed by atoms with E-state index in [4.69, 9.17) is 0 Å². The van der Waals surface area contributed by atoms with Crippen LogP contribution in [0.2, 0.25) is 0 Å². The molecule has 90 valence electrons. The summed E-state index contributed by atoms with van der Waals surface area (Å²) in [6.45, 7) is 8.21. The van der Waals surface area contributed by atoms with Crippen molar-refractivity contribution in [1.29, 1.82) is 0 Å². The van der Waals surface area contributed by atoms with Gasteiger partial charge < -0.3 is 5.32 Å². The molecule has 0 heterocycles. The van der Waals surface area contributed by atoms with Gasteiger partial charge in [-0.2, -0.15) is 0 Å². The molecule has 1 unspecified atom stereocenters. The third kappa shape index (κ3) is 5.01. The first-order valence-corrected chi connectivity index (χ1v) is 6.97. The lowest BCUT2D eigenvalue weighted by atomic mass is 9.92. The van der Waals surface area contributed by atoms with E-state index in [2.05, 4.69) is 26.1 Å². The topological polar surface area (TPSA) is 12.0 Å².